The fraction of sp³-hybridized carbons (Fsp3) is 0.632. The van der Waals surface area contributed by atoms with Gasteiger partial charge in [-0.25, -0.2) is 14.0 Å². The molecule has 0 bridgehead atoms. The third-order valence-electron chi connectivity index (χ3n) is 6.72. The topological polar surface area (TPSA) is 374 Å². The van der Waals surface area contributed by atoms with Crippen molar-refractivity contribution in [3.63, 3.8) is 0 Å². The molecule has 0 amide bonds. The van der Waals surface area contributed by atoms with Crippen LogP contribution in [0.2, 0.25) is 0 Å². The van der Waals surface area contributed by atoms with Crippen LogP contribution >= 0.6 is 15.6 Å². The van der Waals surface area contributed by atoms with E-state index in [4.69, 9.17) is 20.9 Å². The van der Waals surface area contributed by atoms with Crippen molar-refractivity contribution in [2.24, 2.45) is 5.73 Å². The summed E-state index contributed by atoms with van der Waals surface area (Å²) in [5, 5.41) is 58.9. The molecular formula is C19H27N9Na2O15P2. The number of phosphoric ester groups is 2. The predicted molar refractivity (Wildman–Crippen MR) is 136 cm³/mol. The molecule has 250 valence electrons. The Kier molecular flexibility index (Phi) is 13.9. The van der Waals surface area contributed by atoms with Gasteiger partial charge in [0.2, 0.25) is 5.95 Å². The fourth-order valence-corrected chi connectivity index (χ4v) is 6.62. The molecule has 3 aromatic heterocycles. The maximum absolute atomic E-state index is 12.4. The third kappa shape index (κ3) is 9.13. The second-order valence-corrected chi connectivity index (χ2v) is 12.8. The monoisotopic (exact) mass is 729 g/mol. The minimum Gasteiger partial charge on any atom is -0.756 e. The number of nitrogens with two attached hydrogens (primary N) is 2. The molecule has 0 radical (unpaired) electrons. The standard InChI is InChI=1S/C19H29N9O15P2.2Na/c20-1-6-2-27(26-25-6)3-7-10(29)12(31)14(33)18(41-7)42-45(37,38)43-44(35,36)39-4-8-11(30)13(32)17(40-8)28-5-22-9-15(28)23-19(21)24-16(9)34;;/h2,5,7-8,10-14,17-18,29-33H,1,3-4,20H2,(H,35,36)(H,37,38)(H3,21,23,24,34);;/q;2*+1/p-2/t7-,8+,10+,11+,12+,13+,14-,17+,18+;;/m0../s1. The van der Waals surface area contributed by atoms with Gasteiger partial charge in [-0.05, 0) is 0 Å². The molecule has 5 rings (SSSR count). The van der Waals surface area contributed by atoms with Crippen molar-refractivity contribution in [1.29, 1.82) is 0 Å². The van der Waals surface area contributed by atoms with Crippen LogP contribution in [0.25, 0.3) is 11.2 Å². The zero-order chi connectivity index (χ0) is 32.8. The Morgan fingerprint density at radius 3 is 2.34 bits per heavy atom. The Morgan fingerprint density at radius 1 is 1.00 bits per heavy atom. The van der Waals surface area contributed by atoms with Gasteiger partial charge in [0.05, 0.1) is 25.2 Å². The second-order valence-electron chi connectivity index (χ2n) is 9.85. The summed E-state index contributed by atoms with van der Waals surface area (Å²) in [5.41, 5.74) is 10.3. The maximum Gasteiger partial charge on any atom is 1.00 e. The number of hydrogen-bond acceptors (Lipinski definition) is 21. The third-order valence-corrected chi connectivity index (χ3v) is 9.25. The molecule has 10 N–H and O–H groups in total. The van der Waals surface area contributed by atoms with Crippen molar-refractivity contribution in [3.05, 3.63) is 28.6 Å². The molecule has 11 atom stereocenters. The molecule has 47 heavy (non-hydrogen) atoms. The van der Waals surface area contributed by atoms with E-state index in [2.05, 4.69) is 38.6 Å². The van der Waals surface area contributed by atoms with Crippen LogP contribution in [0.1, 0.15) is 11.9 Å². The zero-order valence-corrected chi connectivity index (χ0v) is 30.3. The van der Waals surface area contributed by atoms with Crippen LogP contribution in [0.4, 0.5) is 5.95 Å². The van der Waals surface area contributed by atoms with Gasteiger partial charge in [0.1, 0.15) is 42.7 Å². The number of aliphatic hydroxyl groups is 5. The van der Waals surface area contributed by atoms with E-state index in [-0.39, 0.29) is 89.3 Å². The molecule has 0 spiro atoms. The number of nitrogens with zero attached hydrogens (tertiary/aromatic N) is 6. The first-order valence-electron chi connectivity index (χ1n) is 12.8. The Labute approximate surface area is 306 Å². The first kappa shape index (κ1) is 40.7. The number of aliphatic hydroxyl groups excluding tert-OH is 5. The molecule has 2 aliphatic heterocycles. The quantitative estimate of drug-likeness (QED) is 0.0670. The van der Waals surface area contributed by atoms with Gasteiger partial charge in [0, 0.05) is 12.7 Å². The van der Waals surface area contributed by atoms with E-state index in [1.807, 2.05) is 0 Å². The molecular weight excluding hydrogens is 702 g/mol. The molecule has 0 aromatic carbocycles. The average molecular weight is 729 g/mol. The van der Waals surface area contributed by atoms with Gasteiger partial charge in [-0.1, -0.05) is 5.21 Å². The first-order valence-corrected chi connectivity index (χ1v) is 15.7. The van der Waals surface area contributed by atoms with Gasteiger partial charge < -0.3 is 60.8 Å². The maximum atomic E-state index is 12.4. The van der Waals surface area contributed by atoms with Crippen molar-refractivity contribution in [2.75, 3.05) is 12.3 Å². The number of ether oxygens (including phenoxy) is 2. The van der Waals surface area contributed by atoms with Crippen LogP contribution in [0, 0.1) is 0 Å². The van der Waals surface area contributed by atoms with E-state index < -0.39 is 83.1 Å². The van der Waals surface area contributed by atoms with Gasteiger partial charge >= 0.3 is 59.1 Å². The van der Waals surface area contributed by atoms with Gasteiger partial charge in [-0.15, -0.1) is 5.10 Å². The van der Waals surface area contributed by atoms with E-state index in [1.165, 1.54) is 6.20 Å². The molecule has 0 aliphatic carbocycles. The Bertz CT molecular complexity index is 1680. The number of nitrogen functional groups attached to an aromatic ring is 1. The van der Waals surface area contributed by atoms with E-state index in [0.717, 1.165) is 15.6 Å². The van der Waals surface area contributed by atoms with Crippen LogP contribution < -0.4 is 85.9 Å². The SMILES string of the molecule is NCc1cn(C[C@@H]2O[C@H](OP(=O)([O-])OP(=O)([O-])OC[C@H]3O[C@@H](n4cnc5c(=O)[nH]c(N)nc54)[C@H](O)[C@@H]3O)[C@@H](O)[C@H](O)[C@@H]2O)nn1.[Na+].[Na+]. The number of anilines is 1. The van der Waals surface area contributed by atoms with E-state index in [9.17, 15) is 49.2 Å². The zero-order valence-electron chi connectivity index (χ0n) is 24.5. The van der Waals surface area contributed by atoms with Crippen molar-refractivity contribution < 1.29 is 126 Å². The number of fused-ring (bicyclic) bond motifs is 1. The van der Waals surface area contributed by atoms with Gasteiger partial charge in [-0.2, -0.15) is 4.98 Å². The summed E-state index contributed by atoms with van der Waals surface area (Å²) in [6, 6.07) is 0. The van der Waals surface area contributed by atoms with Crippen LogP contribution in [0.3, 0.4) is 0 Å². The largest absolute Gasteiger partial charge is 1.00 e. The number of hydrogen-bond donors (Lipinski definition) is 8. The number of phosphoric acid groups is 2. The van der Waals surface area contributed by atoms with Crippen molar-refractivity contribution in [3.8, 4) is 0 Å². The number of imidazole rings is 1. The van der Waals surface area contributed by atoms with Gasteiger partial charge in [-0.3, -0.25) is 28.0 Å². The molecule has 5 heterocycles. The Morgan fingerprint density at radius 2 is 1.68 bits per heavy atom. The van der Waals surface area contributed by atoms with Gasteiger partial charge in [0.25, 0.3) is 21.2 Å². The summed E-state index contributed by atoms with van der Waals surface area (Å²) >= 11 is 0. The number of H-pyrrole nitrogens is 1. The Balaban J connectivity index is 0.00000300. The van der Waals surface area contributed by atoms with Crippen LogP contribution in [-0.2, 0) is 45.1 Å². The fourth-order valence-electron chi connectivity index (χ4n) is 4.54. The summed E-state index contributed by atoms with van der Waals surface area (Å²) in [4.78, 5) is 46.8. The molecule has 2 unspecified atom stereocenters. The Hall–Kier alpha value is -0.770. The number of aromatic nitrogens is 7. The minimum atomic E-state index is -5.95. The predicted octanol–water partition coefficient (Wildman–Crippen LogP) is -12.1. The van der Waals surface area contributed by atoms with Crippen molar-refractivity contribution in [1.82, 2.24) is 34.5 Å². The van der Waals surface area contributed by atoms with E-state index >= 15 is 0 Å². The first-order chi connectivity index (χ1) is 21.1. The van der Waals surface area contributed by atoms with E-state index in [0.29, 0.717) is 5.69 Å². The number of rotatable bonds is 11. The molecule has 2 aliphatic rings. The second kappa shape index (κ2) is 16.1. The van der Waals surface area contributed by atoms with Crippen molar-refractivity contribution >= 4 is 32.8 Å². The smallest absolute Gasteiger partial charge is 0.756 e. The molecule has 28 heteroatoms. The summed E-state index contributed by atoms with van der Waals surface area (Å²) in [5.74, 6) is -0.292. The van der Waals surface area contributed by atoms with Crippen molar-refractivity contribution in [2.45, 2.75) is 68.3 Å². The van der Waals surface area contributed by atoms with Gasteiger partial charge in [0.15, 0.2) is 23.7 Å². The normalized spacial score (nSPS) is 31.9. The van der Waals surface area contributed by atoms with Crippen LogP contribution in [-0.4, -0.2) is 116 Å². The molecule has 24 nitrogen and oxygen atoms in total. The van der Waals surface area contributed by atoms with Crippen LogP contribution in [0.5, 0.6) is 0 Å². The molecule has 2 fully saturated rings. The summed E-state index contributed by atoms with van der Waals surface area (Å²) in [6.07, 6.45) is -13.9. The molecule has 3 aromatic rings. The molecule has 0 saturated carbocycles. The summed E-state index contributed by atoms with van der Waals surface area (Å²) in [7, 11) is -11.8. The summed E-state index contributed by atoms with van der Waals surface area (Å²) in [6.45, 7) is -1.38. The number of nitrogens with one attached hydrogen (secondary N) is 1. The summed E-state index contributed by atoms with van der Waals surface area (Å²) < 4.78 is 50.7. The van der Waals surface area contributed by atoms with E-state index in [1.54, 1.807) is 0 Å². The minimum absolute atomic E-state index is 0. The average Bonchev–Trinajstić information content (AvgIpc) is 3.66. The number of aromatic amines is 1. The molecule has 2 saturated heterocycles. The van der Waals surface area contributed by atoms with Crippen LogP contribution in [0.15, 0.2) is 17.3 Å².